The molecule has 0 fully saturated rings. The Morgan fingerprint density at radius 3 is 2.14 bits per heavy atom. The van der Waals surface area contributed by atoms with Gasteiger partial charge >= 0.3 is 12.1 Å². The number of nitrogen functional groups attached to an aromatic ring is 1. The largest absolute Gasteiger partial charge is 0.471 e. The average Bonchev–Trinajstić information content (AvgIpc) is 2.07. The number of anilines is 2. The van der Waals surface area contributed by atoms with Crippen LogP contribution in [0, 0.1) is 0 Å². The number of benzene rings is 1. The Kier molecular flexibility index (Phi) is 2.64. The van der Waals surface area contributed by atoms with Gasteiger partial charge in [0.2, 0.25) is 0 Å². The first kappa shape index (κ1) is 10.4. The lowest BCUT2D eigenvalue weighted by Crippen LogP contribution is -2.29. The summed E-state index contributed by atoms with van der Waals surface area (Å²) in [5.74, 6) is -2.00. The number of nitrogens with two attached hydrogens (primary N) is 1. The van der Waals surface area contributed by atoms with Gasteiger partial charge in [-0.15, -0.1) is 0 Å². The zero-order valence-corrected chi connectivity index (χ0v) is 6.93. The first-order valence-electron chi connectivity index (χ1n) is 3.63. The number of carbonyl (C=O) groups is 1. The molecule has 0 saturated carbocycles. The van der Waals surface area contributed by atoms with Gasteiger partial charge in [-0.25, -0.2) is 0 Å². The normalized spacial score (nSPS) is 11.1. The van der Waals surface area contributed by atoms with E-state index in [1.807, 2.05) is 0 Å². The highest BCUT2D eigenvalue weighted by molar-refractivity contribution is 5.94. The Bertz CT molecular complexity index is 331. The number of amides is 1. The molecule has 0 aromatic heterocycles. The molecular formula is C8H7F3N2O. The van der Waals surface area contributed by atoms with Crippen molar-refractivity contribution in [3.8, 4) is 0 Å². The summed E-state index contributed by atoms with van der Waals surface area (Å²) in [6.45, 7) is 0. The van der Waals surface area contributed by atoms with Gasteiger partial charge in [0.05, 0.1) is 0 Å². The lowest BCUT2D eigenvalue weighted by atomic mass is 10.3. The summed E-state index contributed by atoms with van der Waals surface area (Å²) in [5.41, 5.74) is 5.78. The van der Waals surface area contributed by atoms with Gasteiger partial charge in [-0.05, 0) is 24.3 Å². The first-order chi connectivity index (χ1) is 6.39. The Morgan fingerprint density at radius 2 is 1.71 bits per heavy atom. The molecule has 0 aliphatic carbocycles. The van der Waals surface area contributed by atoms with E-state index in [4.69, 9.17) is 5.73 Å². The van der Waals surface area contributed by atoms with Crippen LogP contribution in [-0.2, 0) is 4.79 Å². The number of nitrogens with one attached hydrogen (secondary N) is 1. The van der Waals surface area contributed by atoms with Gasteiger partial charge in [-0.3, -0.25) is 4.79 Å². The first-order valence-corrected chi connectivity index (χ1v) is 3.63. The topological polar surface area (TPSA) is 55.1 Å². The van der Waals surface area contributed by atoms with E-state index < -0.39 is 12.1 Å². The molecule has 0 radical (unpaired) electrons. The minimum atomic E-state index is -4.87. The summed E-state index contributed by atoms with van der Waals surface area (Å²) in [7, 11) is 0. The Balaban J connectivity index is 2.71. The number of carbonyl (C=O) groups excluding carboxylic acids is 1. The number of hydrogen-bond donors (Lipinski definition) is 2. The molecule has 0 aliphatic heterocycles. The highest BCUT2D eigenvalue weighted by Gasteiger charge is 2.38. The van der Waals surface area contributed by atoms with Crippen molar-refractivity contribution in [2.24, 2.45) is 0 Å². The molecule has 0 atom stereocenters. The van der Waals surface area contributed by atoms with Crippen molar-refractivity contribution >= 4 is 17.3 Å². The van der Waals surface area contributed by atoms with Gasteiger partial charge in [0.1, 0.15) is 0 Å². The van der Waals surface area contributed by atoms with Crippen LogP contribution in [0.4, 0.5) is 24.5 Å². The maximum Gasteiger partial charge on any atom is 0.471 e. The van der Waals surface area contributed by atoms with Crippen molar-refractivity contribution in [1.29, 1.82) is 0 Å². The van der Waals surface area contributed by atoms with Gasteiger partial charge in [0.25, 0.3) is 0 Å². The summed E-state index contributed by atoms with van der Waals surface area (Å²) in [6, 6.07) is 5.37. The minimum Gasteiger partial charge on any atom is -0.399 e. The summed E-state index contributed by atoms with van der Waals surface area (Å²) in [4.78, 5) is 10.5. The molecule has 1 rings (SSSR count). The van der Waals surface area contributed by atoms with Crippen LogP contribution in [0.15, 0.2) is 24.3 Å². The minimum absolute atomic E-state index is 0.0570. The van der Waals surface area contributed by atoms with Crippen LogP contribution in [-0.4, -0.2) is 12.1 Å². The molecule has 14 heavy (non-hydrogen) atoms. The maximum atomic E-state index is 11.8. The number of rotatable bonds is 1. The second kappa shape index (κ2) is 3.57. The van der Waals surface area contributed by atoms with Crippen LogP contribution >= 0.6 is 0 Å². The van der Waals surface area contributed by atoms with E-state index in [2.05, 4.69) is 0 Å². The number of hydrogen-bond acceptors (Lipinski definition) is 2. The van der Waals surface area contributed by atoms with Crippen molar-refractivity contribution < 1.29 is 18.0 Å². The van der Waals surface area contributed by atoms with Crippen LogP contribution in [0.25, 0.3) is 0 Å². The fraction of sp³-hybridized carbons (Fsp3) is 0.125. The third kappa shape index (κ3) is 2.65. The van der Waals surface area contributed by atoms with Gasteiger partial charge in [-0.1, -0.05) is 0 Å². The monoisotopic (exact) mass is 204 g/mol. The van der Waals surface area contributed by atoms with Gasteiger partial charge in [-0.2, -0.15) is 13.2 Å². The lowest BCUT2D eigenvalue weighted by Gasteiger charge is -2.07. The quantitative estimate of drug-likeness (QED) is 0.685. The molecule has 76 valence electrons. The van der Waals surface area contributed by atoms with Crippen molar-refractivity contribution in [2.45, 2.75) is 6.18 Å². The Hall–Kier alpha value is -1.72. The van der Waals surface area contributed by atoms with Gasteiger partial charge in [0, 0.05) is 11.4 Å². The van der Waals surface area contributed by atoms with Gasteiger partial charge in [0.15, 0.2) is 0 Å². The fourth-order valence-corrected chi connectivity index (χ4v) is 0.768. The molecule has 6 heteroatoms. The zero-order valence-electron chi connectivity index (χ0n) is 6.93. The van der Waals surface area contributed by atoms with Crippen molar-refractivity contribution in [2.75, 3.05) is 11.1 Å². The van der Waals surface area contributed by atoms with E-state index in [0.717, 1.165) is 0 Å². The fourth-order valence-electron chi connectivity index (χ4n) is 0.768. The van der Waals surface area contributed by atoms with E-state index in [-0.39, 0.29) is 5.69 Å². The van der Waals surface area contributed by atoms with Crippen LogP contribution in [0.3, 0.4) is 0 Å². The third-order valence-electron chi connectivity index (χ3n) is 1.43. The van der Waals surface area contributed by atoms with E-state index in [1.165, 1.54) is 24.3 Å². The molecule has 0 saturated heterocycles. The molecule has 3 N–H and O–H groups in total. The summed E-state index contributed by atoms with van der Waals surface area (Å²) in [6.07, 6.45) is -4.87. The van der Waals surface area contributed by atoms with Crippen molar-refractivity contribution in [3.05, 3.63) is 24.3 Å². The molecule has 1 aromatic rings. The third-order valence-corrected chi connectivity index (χ3v) is 1.43. The number of halogens is 3. The zero-order chi connectivity index (χ0) is 10.8. The highest BCUT2D eigenvalue weighted by Crippen LogP contribution is 2.18. The van der Waals surface area contributed by atoms with Gasteiger partial charge < -0.3 is 11.1 Å². The molecule has 0 aliphatic rings. The van der Waals surface area contributed by atoms with Crippen molar-refractivity contribution in [1.82, 2.24) is 0 Å². The summed E-state index contributed by atoms with van der Waals surface area (Å²) in [5, 5.41) is 1.69. The smallest absolute Gasteiger partial charge is 0.399 e. The molecule has 0 bridgehead atoms. The van der Waals surface area contributed by atoms with E-state index in [1.54, 1.807) is 5.32 Å². The predicted octanol–water partition coefficient (Wildman–Crippen LogP) is 1.77. The molecule has 1 aromatic carbocycles. The highest BCUT2D eigenvalue weighted by atomic mass is 19.4. The predicted molar refractivity (Wildman–Crippen MR) is 45.5 cm³/mol. The van der Waals surface area contributed by atoms with E-state index >= 15 is 0 Å². The molecule has 3 nitrogen and oxygen atoms in total. The standard InChI is InChI=1S/C8H7F3N2O/c9-8(10,11)7(14)13-6-3-1-5(12)2-4-6/h1-4H,12H2,(H,13,14). The second-order valence-electron chi connectivity index (χ2n) is 2.57. The van der Waals surface area contributed by atoms with E-state index in [9.17, 15) is 18.0 Å². The summed E-state index contributed by atoms with van der Waals surface area (Å²) < 4.78 is 35.3. The SMILES string of the molecule is Nc1ccc(NC(=O)C(F)(F)F)cc1. The molecule has 0 unspecified atom stereocenters. The maximum absolute atomic E-state index is 11.8. The Morgan fingerprint density at radius 1 is 1.21 bits per heavy atom. The Labute approximate surface area is 77.7 Å². The van der Waals surface area contributed by atoms with E-state index in [0.29, 0.717) is 5.69 Å². The van der Waals surface area contributed by atoms with Crippen LogP contribution < -0.4 is 11.1 Å². The molecule has 0 spiro atoms. The van der Waals surface area contributed by atoms with Crippen LogP contribution in [0.5, 0.6) is 0 Å². The van der Waals surface area contributed by atoms with Crippen LogP contribution in [0.1, 0.15) is 0 Å². The molecule has 1 amide bonds. The average molecular weight is 204 g/mol. The second-order valence-corrected chi connectivity index (χ2v) is 2.57. The summed E-state index contributed by atoms with van der Waals surface area (Å²) >= 11 is 0. The van der Waals surface area contributed by atoms with Crippen LogP contribution in [0.2, 0.25) is 0 Å². The number of alkyl halides is 3. The molecular weight excluding hydrogens is 197 g/mol. The lowest BCUT2D eigenvalue weighted by molar-refractivity contribution is -0.167. The van der Waals surface area contributed by atoms with Crippen molar-refractivity contribution in [3.63, 3.8) is 0 Å². The molecule has 0 heterocycles.